The van der Waals surface area contributed by atoms with Gasteiger partial charge in [-0.25, -0.2) is 4.98 Å². The zero-order valence-corrected chi connectivity index (χ0v) is 9.90. The van der Waals surface area contributed by atoms with E-state index in [4.69, 9.17) is 5.73 Å². The average Bonchev–Trinajstić information content (AvgIpc) is 2.48. The molecule has 0 aliphatic carbocycles. The molecule has 80 valence electrons. The molecule has 0 bridgehead atoms. The summed E-state index contributed by atoms with van der Waals surface area (Å²) in [5.41, 5.74) is 6.42. The second kappa shape index (κ2) is 2.93. The first-order chi connectivity index (χ1) is 6.91. The molecule has 0 radical (unpaired) electrons. The minimum Gasteiger partial charge on any atom is -0.370 e. The number of H-pyrrole nitrogens is 1. The first-order valence-electron chi connectivity index (χ1n) is 4.63. The summed E-state index contributed by atoms with van der Waals surface area (Å²) in [5.74, 6) is 0.260. The highest BCUT2D eigenvalue weighted by molar-refractivity contribution is 6.74. The molecular weight excluding hydrogens is 210 g/mol. The molecule has 3 N–H and O–H groups in total. The molecule has 0 aliphatic rings. The molecule has 15 heavy (non-hydrogen) atoms. The quantitative estimate of drug-likeness (QED) is 0.684. The van der Waals surface area contributed by atoms with Crippen LogP contribution in [0.5, 0.6) is 0 Å². The van der Waals surface area contributed by atoms with Crippen LogP contribution < -0.4 is 11.3 Å². The number of rotatable bonds is 1. The van der Waals surface area contributed by atoms with Gasteiger partial charge in [0.25, 0.3) is 5.56 Å². The van der Waals surface area contributed by atoms with Crippen LogP contribution in [0.15, 0.2) is 11.1 Å². The number of imidazole rings is 1. The zero-order chi connectivity index (χ0) is 11.2. The first kappa shape index (κ1) is 9.90. The predicted octanol–water partition coefficient (Wildman–Crippen LogP) is 0.385. The van der Waals surface area contributed by atoms with Crippen molar-refractivity contribution in [1.29, 1.82) is 0 Å². The fourth-order valence-electron chi connectivity index (χ4n) is 1.55. The highest BCUT2D eigenvalue weighted by atomic mass is 28.3. The molecule has 0 aromatic carbocycles. The van der Waals surface area contributed by atoms with Crippen LogP contribution in [0.3, 0.4) is 0 Å². The van der Waals surface area contributed by atoms with Gasteiger partial charge in [-0.2, -0.15) is 4.98 Å². The lowest BCUT2D eigenvalue weighted by molar-refractivity contribution is 1.03. The van der Waals surface area contributed by atoms with Crippen LogP contribution in [0, 0.1) is 0 Å². The number of nitrogen functional groups attached to an aromatic ring is 1. The molecular formula is C8H13N5OSi. The Morgan fingerprint density at radius 2 is 2.13 bits per heavy atom. The summed E-state index contributed by atoms with van der Waals surface area (Å²) in [6.07, 6.45) is 1.45. The summed E-state index contributed by atoms with van der Waals surface area (Å²) in [6.45, 7) is 6.10. The third-order valence-electron chi connectivity index (χ3n) is 2.15. The molecule has 2 heterocycles. The predicted molar refractivity (Wildman–Crippen MR) is 61.3 cm³/mol. The van der Waals surface area contributed by atoms with Crippen LogP contribution in [0.2, 0.25) is 19.6 Å². The molecule has 0 spiro atoms. The van der Waals surface area contributed by atoms with E-state index in [9.17, 15) is 4.79 Å². The molecule has 2 aromatic heterocycles. The highest BCUT2D eigenvalue weighted by Gasteiger charge is 2.23. The second-order valence-corrected chi connectivity index (χ2v) is 9.17. The van der Waals surface area contributed by atoms with Crippen molar-refractivity contribution in [3.8, 4) is 0 Å². The molecule has 0 fully saturated rings. The molecule has 6 nitrogen and oxygen atoms in total. The van der Waals surface area contributed by atoms with Crippen molar-refractivity contribution in [2.45, 2.75) is 19.6 Å². The van der Waals surface area contributed by atoms with Gasteiger partial charge >= 0.3 is 0 Å². The number of fused-ring (bicyclic) bond motifs is 1. The van der Waals surface area contributed by atoms with Gasteiger partial charge in [-0.3, -0.25) is 4.79 Å². The van der Waals surface area contributed by atoms with Crippen molar-refractivity contribution in [3.05, 3.63) is 16.7 Å². The summed E-state index contributed by atoms with van der Waals surface area (Å²) < 4.78 is 1.58. The van der Waals surface area contributed by atoms with E-state index in [2.05, 4.69) is 15.0 Å². The normalized spacial score (nSPS) is 12.2. The topological polar surface area (TPSA) is 89.6 Å². The van der Waals surface area contributed by atoms with E-state index >= 15 is 0 Å². The number of aromatic nitrogens is 4. The molecule has 0 aliphatic heterocycles. The van der Waals surface area contributed by atoms with E-state index in [0.29, 0.717) is 11.2 Å². The third-order valence-corrected chi connectivity index (χ3v) is 3.92. The van der Waals surface area contributed by atoms with Crippen LogP contribution in [-0.4, -0.2) is 27.4 Å². The van der Waals surface area contributed by atoms with Crippen LogP contribution >= 0.6 is 0 Å². The lowest BCUT2D eigenvalue weighted by Gasteiger charge is -2.20. The van der Waals surface area contributed by atoms with Gasteiger partial charge in [-0.1, -0.05) is 19.6 Å². The van der Waals surface area contributed by atoms with E-state index in [0.717, 1.165) is 0 Å². The fraction of sp³-hybridized carbons (Fsp3) is 0.375. The molecule has 2 aromatic rings. The Balaban J connectivity index is 2.91. The Morgan fingerprint density at radius 3 is 2.73 bits per heavy atom. The van der Waals surface area contributed by atoms with Gasteiger partial charge in [0.05, 0.1) is 6.33 Å². The Hall–Kier alpha value is -1.63. The van der Waals surface area contributed by atoms with Crippen molar-refractivity contribution >= 4 is 25.3 Å². The number of nitrogens with two attached hydrogens (primary N) is 1. The lowest BCUT2D eigenvalue weighted by Crippen LogP contribution is -2.43. The van der Waals surface area contributed by atoms with Crippen LogP contribution in [0.4, 0.5) is 5.95 Å². The van der Waals surface area contributed by atoms with Crippen molar-refractivity contribution in [2.24, 2.45) is 0 Å². The molecule has 0 unspecified atom stereocenters. The lowest BCUT2D eigenvalue weighted by atomic mass is 10.5. The van der Waals surface area contributed by atoms with E-state index in [1.54, 1.807) is 4.23 Å². The first-order valence-corrected chi connectivity index (χ1v) is 8.08. The van der Waals surface area contributed by atoms with Gasteiger partial charge in [0, 0.05) is 0 Å². The maximum atomic E-state index is 12.1. The van der Waals surface area contributed by atoms with Gasteiger partial charge in [0.15, 0.2) is 25.3 Å². The number of nitrogens with zero attached hydrogens (tertiary/aromatic N) is 3. The summed E-state index contributed by atoms with van der Waals surface area (Å²) in [6, 6.07) is 0. The number of hydrogen-bond donors (Lipinski definition) is 2. The maximum Gasteiger partial charge on any atom is 0.275 e. The Labute approximate surface area is 87.2 Å². The fourth-order valence-corrected chi connectivity index (χ4v) is 3.00. The van der Waals surface area contributed by atoms with E-state index in [1.165, 1.54) is 6.33 Å². The monoisotopic (exact) mass is 223 g/mol. The maximum absolute atomic E-state index is 12.1. The van der Waals surface area contributed by atoms with Crippen molar-refractivity contribution < 1.29 is 0 Å². The Morgan fingerprint density at radius 1 is 1.47 bits per heavy atom. The molecule has 2 rings (SSSR count). The van der Waals surface area contributed by atoms with E-state index in [1.807, 2.05) is 19.6 Å². The van der Waals surface area contributed by atoms with Crippen molar-refractivity contribution in [2.75, 3.05) is 5.73 Å². The van der Waals surface area contributed by atoms with E-state index < -0.39 is 8.24 Å². The summed E-state index contributed by atoms with van der Waals surface area (Å²) >= 11 is 0. The van der Waals surface area contributed by atoms with Crippen LogP contribution in [-0.2, 0) is 0 Å². The van der Waals surface area contributed by atoms with Crippen LogP contribution in [0.1, 0.15) is 0 Å². The number of anilines is 1. The average molecular weight is 223 g/mol. The molecule has 7 heteroatoms. The summed E-state index contributed by atoms with van der Waals surface area (Å²) in [7, 11) is -1.85. The Kier molecular flexibility index (Phi) is 1.93. The summed E-state index contributed by atoms with van der Waals surface area (Å²) in [4.78, 5) is 22.9. The highest BCUT2D eigenvalue weighted by Crippen LogP contribution is 2.10. The third kappa shape index (κ3) is 1.44. The zero-order valence-electron chi connectivity index (χ0n) is 8.90. The molecule has 0 amide bonds. The van der Waals surface area contributed by atoms with Gasteiger partial charge in [0.1, 0.15) is 0 Å². The molecule has 0 atom stereocenters. The van der Waals surface area contributed by atoms with Gasteiger partial charge < -0.3 is 15.0 Å². The summed E-state index contributed by atoms with van der Waals surface area (Å²) in [5, 5.41) is 0. The standard InChI is InChI=1S/C8H13N5OSi/c1-15(2,3)13-7(14)5-6(11-4-10-5)12-8(13)9/h4H,1-3H3,(H2,9,12)(H,10,11). The van der Waals surface area contributed by atoms with E-state index in [-0.39, 0.29) is 11.5 Å². The second-order valence-electron chi connectivity index (χ2n) is 4.38. The SMILES string of the molecule is C[Si](C)(C)n1c(N)nc2[nH]cnc2c1=O. The minimum atomic E-state index is -1.85. The molecule has 0 saturated heterocycles. The van der Waals surface area contributed by atoms with Crippen molar-refractivity contribution in [1.82, 2.24) is 19.2 Å². The van der Waals surface area contributed by atoms with Gasteiger partial charge in [0.2, 0.25) is 0 Å². The number of aromatic amines is 1. The molecule has 0 saturated carbocycles. The van der Waals surface area contributed by atoms with Gasteiger partial charge in [-0.15, -0.1) is 0 Å². The minimum absolute atomic E-state index is 0.155. The van der Waals surface area contributed by atoms with Crippen LogP contribution in [0.25, 0.3) is 11.2 Å². The van der Waals surface area contributed by atoms with Gasteiger partial charge in [-0.05, 0) is 0 Å². The number of nitrogens with one attached hydrogen (secondary N) is 1. The number of hydrogen-bond acceptors (Lipinski definition) is 4. The smallest absolute Gasteiger partial charge is 0.275 e. The Bertz CT molecular complexity index is 564. The van der Waals surface area contributed by atoms with Crippen molar-refractivity contribution in [3.63, 3.8) is 0 Å². The largest absolute Gasteiger partial charge is 0.370 e.